The van der Waals surface area contributed by atoms with E-state index < -0.39 is 23.3 Å². The second kappa shape index (κ2) is 12.8. The van der Waals surface area contributed by atoms with Crippen molar-refractivity contribution in [2.45, 2.75) is 98.1 Å². The lowest BCUT2D eigenvalue weighted by Gasteiger charge is -2.26. The number of amides is 2. The molecule has 10 nitrogen and oxygen atoms in total. The number of hydrogen-bond acceptors (Lipinski definition) is 7. The van der Waals surface area contributed by atoms with E-state index >= 15 is 0 Å². The molecule has 2 aromatic rings. The van der Waals surface area contributed by atoms with Crippen LogP contribution in [0.3, 0.4) is 0 Å². The van der Waals surface area contributed by atoms with Crippen molar-refractivity contribution < 1.29 is 19.1 Å². The van der Waals surface area contributed by atoms with Gasteiger partial charge >= 0.3 is 6.09 Å². The van der Waals surface area contributed by atoms with Gasteiger partial charge in [-0.3, -0.25) is 4.79 Å². The van der Waals surface area contributed by atoms with Crippen molar-refractivity contribution in [2.75, 3.05) is 6.61 Å². The summed E-state index contributed by atoms with van der Waals surface area (Å²) in [5.74, 6) is 0.468. The number of carbonyl (C=O) groups is 2. The van der Waals surface area contributed by atoms with Crippen molar-refractivity contribution >= 4 is 12.0 Å². The number of ether oxygens (including phenoxy) is 2. The molecule has 1 aromatic heterocycles. The van der Waals surface area contributed by atoms with Crippen LogP contribution in [0.25, 0.3) is 0 Å². The second-order valence-electron chi connectivity index (χ2n) is 11.3. The van der Waals surface area contributed by atoms with E-state index in [1.54, 1.807) is 4.68 Å². The smallest absolute Gasteiger partial charge is 0.407 e. The summed E-state index contributed by atoms with van der Waals surface area (Å²) in [4.78, 5) is 25.2. The topological polar surface area (TPSA) is 120 Å². The highest BCUT2D eigenvalue weighted by Crippen LogP contribution is 2.17. The molecule has 0 saturated heterocycles. The molecule has 1 heterocycles. The van der Waals surface area contributed by atoms with E-state index in [0.717, 1.165) is 5.56 Å². The number of nitrogens with zero attached hydrogens (tertiary/aromatic N) is 4. The Labute approximate surface area is 214 Å². The van der Waals surface area contributed by atoms with Crippen LogP contribution >= 0.6 is 0 Å². The predicted molar refractivity (Wildman–Crippen MR) is 137 cm³/mol. The van der Waals surface area contributed by atoms with Crippen LogP contribution in [0.2, 0.25) is 0 Å². The fraction of sp³-hybridized carbons (Fsp3) is 0.654. The van der Waals surface area contributed by atoms with Gasteiger partial charge in [0.05, 0.1) is 18.8 Å². The maximum atomic E-state index is 13.0. The SMILES string of the molecule is CC(C)C(CCC(=O)NC(COC(C)(C)C)c1nnnn1Cc1ccccc1)NC(=O)OC(C)(C)C. The molecule has 0 spiro atoms. The molecule has 0 bridgehead atoms. The molecule has 0 radical (unpaired) electrons. The van der Waals surface area contributed by atoms with Crippen LogP contribution in [0.4, 0.5) is 4.79 Å². The molecule has 2 rings (SSSR count). The van der Waals surface area contributed by atoms with Gasteiger partial charge in [-0.15, -0.1) is 5.10 Å². The van der Waals surface area contributed by atoms with Crippen LogP contribution in [0.1, 0.15) is 85.7 Å². The van der Waals surface area contributed by atoms with E-state index in [1.807, 2.05) is 85.7 Å². The first-order valence-electron chi connectivity index (χ1n) is 12.5. The van der Waals surface area contributed by atoms with E-state index in [-0.39, 0.29) is 30.9 Å². The Kier molecular flexibility index (Phi) is 10.4. The second-order valence-corrected chi connectivity index (χ2v) is 11.3. The van der Waals surface area contributed by atoms with Crippen molar-refractivity contribution in [1.29, 1.82) is 0 Å². The highest BCUT2D eigenvalue weighted by molar-refractivity contribution is 5.76. The first-order chi connectivity index (χ1) is 16.7. The highest BCUT2D eigenvalue weighted by atomic mass is 16.6. The maximum absolute atomic E-state index is 13.0. The van der Waals surface area contributed by atoms with Gasteiger partial charge in [0, 0.05) is 12.5 Å². The van der Waals surface area contributed by atoms with Crippen LogP contribution in [-0.4, -0.2) is 56.1 Å². The lowest BCUT2D eigenvalue weighted by atomic mass is 9.99. The van der Waals surface area contributed by atoms with Gasteiger partial charge in [0.15, 0.2) is 5.82 Å². The molecule has 10 heteroatoms. The minimum absolute atomic E-state index is 0.128. The molecule has 2 atom stereocenters. The quantitative estimate of drug-likeness (QED) is 0.476. The van der Waals surface area contributed by atoms with Gasteiger partial charge in [-0.05, 0) is 69.9 Å². The first kappa shape index (κ1) is 29.2. The average Bonchev–Trinajstić information content (AvgIpc) is 3.20. The first-order valence-corrected chi connectivity index (χ1v) is 12.5. The van der Waals surface area contributed by atoms with E-state index in [2.05, 4.69) is 26.2 Å². The third kappa shape index (κ3) is 10.7. The molecule has 200 valence electrons. The van der Waals surface area contributed by atoms with Gasteiger partial charge in [-0.1, -0.05) is 44.2 Å². The van der Waals surface area contributed by atoms with Gasteiger partial charge in [0.2, 0.25) is 5.91 Å². The van der Waals surface area contributed by atoms with E-state index in [1.165, 1.54) is 0 Å². The van der Waals surface area contributed by atoms with E-state index in [4.69, 9.17) is 9.47 Å². The summed E-state index contributed by atoms with van der Waals surface area (Å²) in [6, 6.07) is 9.11. The van der Waals surface area contributed by atoms with Crippen molar-refractivity contribution in [2.24, 2.45) is 5.92 Å². The van der Waals surface area contributed by atoms with E-state index in [0.29, 0.717) is 18.8 Å². The van der Waals surface area contributed by atoms with Crippen LogP contribution < -0.4 is 10.6 Å². The number of aromatic nitrogens is 4. The average molecular weight is 503 g/mol. The zero-order chi connectivity index (χ0) is 26.9. The summed E-state index contributed by atoms with van der Waals surface area (Å²) in [5, 5.41) is 18.1. The standard InChI is InChI=1S/C26H42N6O4/c1-18(2)20(28-24(34)36-26(6,7)8)14-15-22(33)27-21(17-35-25(3,4)5)23-29-30-31-32(23)16-19-12-10-9-11-13-19/h9-13,18,20-21H,14-17H2,1-8H3,(H,27,33)(H,28,34). The molecule has 2 amide bonds. The molecule has 0 aliphatic rings. The molecule has 0 aliphatic carbocycles. The van der Waals surface area contributed by atoms with Gasteiger partial charge < -0.3 is 20.1 Å². The summed E-state index contributed by atoms with van der Waals surface area (Å²) in [6.45, 7) is 16.0. The van der Waals surface area contributed by atoms with E-state index in [9.17, 15) is 9.59 Å². The molecular weight excluding hydrogens is 460 g/mol. The van der Waals surface area contributed by atoms with Crippen LogP contribution in [0, 0.1) is 5.92 Å². The summed E-state index contributed by atoms with van der Waals surface area (Å²) >= 11 is 0. The molecule has 2 unspecified atom stereocenters. The predicted octanol–water partition coefficient (Wildman–Crippen LogP) is 4.02. The molecule has 1 aromatic carbocycles. The summed E-state index contributed by atoms with van der Waals surface area (Å²) < 4.78 is 13.0. The summed E-state index contributed by atoms with van der Waals surface area (Å²) in [6.07, 6.45) is 0.188. The normalized spacial score (nSPS) is 13.8. The fourth-order valence-electron chi connectivity index (χ4n) is 3.43. The molecule has 0 aliphatic heterocycles. The number of benzene rings is 1. The van der Waals surface area contributed by atoms with Crippen molar-refractivity contribution in [1.82, 2.24) is 30.8 Å². The van der Waals surface area contributed by atoms with Crippen molar-refractivity contribution in [3.63, 3.8) is 0 Å². The molecule has 2 N–H and O–H groups in total. The zero-order valence-electron chi connectivity index (χ0n) is 22.9. The monoisotopic (exact) mass is 502 g/mol. The number of rotatable bonds is 11. The zero-order valence-corrected chi connectivity index (χ0v) is 22.9. The Balaban J connectivity index is 2.08. The van der Waals surface area contributed by atoms with Gasteiger partial charge in [0.1, 0.15) is 11.6 Å². The maximum Gasteiger partial charge on any atom is 0.407 e. The minimum atomic E-state index is -0.590. The lowest BCUT2D eigenvalue weighted by molar-refractivity contribution is -0.123. The Morgan fingerprint density at radius 2 is 1.67 bits per heavy atom. The van der Waals surface area contributed by atoms with Crippen molar-refractivity contribution in [3.8, 4) is 0 Å². The Morgan fingerprint density at radius 3 is 2.25 bits per heavy atom. The molecule has 0 fully saturated rings. The van der Waals surface area contributed by atoms with Gasteiger partial charge in [-0.25, -0.2) is 9.48 Å². The fourth-order valence-corrected chi connectivity index (χ4v) is 3.43. The Bertz CT molecular complexity index is 963. The van der Waals surface area contributed by atoms with Crippen LogP contribution in [-0.2, 0) is 20.8 Å². The molecule has 36 heavy (non-hydrogen) atoms. The summed E-state index contributed by atoms with van der Waals surface area (Å²) in [5.41, 5.74) is 0.0502. The molecule has 0 saturated carbocycles. The van der Waals surface area contributed by atoms with Gasteiger partial charge in [0.25, 0.3) is 0 Å². The molecular formula is C26H42N6O4. The van der Waals surface area contributed by atoms with Gasteiger partial charge in [-0.2, -0.15) is 0 Å². The Hall–Kier alpha value is -3.01. The third-order valence-electron chi connectivity index (χ3n) is 5.25. The number of carbonyl (C=O) groups excluding carboxylic acids is 2. The Morgan fingerprint density at radius 1 is 1.00 bits per heavy atom. The van der Waals surface area contributed by atoms with Crippen LogP contribution in [0.15, 0.2) is 30.3 Å². The third-order valence-corrected chi connectivity index (χ3v) is 5.25. The highest BCUT2D eigenvalue weighted by Gasteiger charge is 2.26. The lowest BCUT2D eigenvalue weighted by Crippen LogP contribution is -2.42. The largest absolute Gasteiger partial charge is 0.444 e. The number of hydrogen-bond donors (Lipinski definition) is 2. The van der Waals surface area contributed by atoms with Crippen molar-refractivity contribution in [3.05, 3.63) is 41.7 Å². The summed E-state index contributed by atoms with van der Waals surface area (Å²) in [7, 11) is 0. The van der Waals surface area contributed by atoms with Crippen LogP contribution in [0.5, 0.6) is 0 Å². The number of alkyl carbamates (subject to hydrolysis) is 1. The number of tetrazole rings is 1. The minimum Gasteiger partial charge on any atom is -0.444 e. The number of nitrogens with one attached hydrogen (secondary N) is 2.